The van der Waals surface area contributed by atoms with Crippen LogP contribution in [0.1, 0.15) is 19.3 Å². The number of anilines is 1. The molecule has 0 radical (unpaired) electrons. The fourth-order valence-corrected chi connectivity index (χ4v) is 1.23. The van der Waals surface area contributed by atoms with Crippen LogP contribution in [-0.2, 0) is 4.79 Å². The Balaban J connectivity index is -0.000000301. The first-order valence-electron chi connectivity index (χ1n) is 6.07. The Kier molecular flexibility index (Phi) is 17.2. The molecule has 0 aliphatic carbocycles. The summed E-state index contributed by atoms with van der Waals surface area (Å²) in [6.45, 7) is 0.604. The van der Waals surface area contributed by atoms with Gasteiger partial charge in [0.1, 0.15) is 6.04 Å². The number of nitrogen functional groups attached to an aromatic ring is 1. The second kappa shape index (κ2) is 14.7. The number of carboxylic acids is 1. The minimum absolute atomic E-state index is 0. The van der Waals surface area contributed by atoms with E-state index in [1.54, 1.807) is 0 Å². The number of nitro benzene ring substituents is 1. The van der Waals surface area contributed by atoms with Gasteiger partial charge in [0, 0.05) is 17.8 Å². The van der Waals surface area contributed by atoms with Crippen LogP contribution >= 0.6 is 34.0 Å². The Bertz CT molecular complexity index is 432. The van der Waals surface area contributed by atoms with Crippen LogP contribution in [0.3, 0.4) is 0 Å². The standard InChI is InChI=1S/C6H6N2O2.C6H14N2O2.2BrH/c7-5-1-3-6(4-2-5)8(9)10;7-4-2-1-3-5(8)6(9)10;;/h1-4H,7H2;5H,1-4,7-8H2,(H,9,10);2*1H/t;5-;;/m.0../s1. The van der Waals surface area contributed by atoms with Crippen molar-refractivity contribution in [1.82, 2.24) is 0 Å². The molecule has 0 spiro atoms. The van der Waals surface area contributed by atoms with Crippen molar-refractivity contribution in [3.63, 3.8) is 0 Å². The van der Waals surface area contributed by atoms with Crippen molar-refractivity contribution in [3.05, 3.63) is 34.4 Å². The highest BCUT2D eigenvalue weighted by Gasteiger charge is 2.09. The number of hydrogen-bond acceptors (Lipinski definition) is 6. The molecule has 1 aromatic rings. The molecule has 8 nitrogen and oxygen atoms in total. The third-order valence-electron chi connectivity index (χ3n) is 2.39. The highest BCUT2D eigenvalue weighted by molar-refractivity contribution is 8.93. The van der Waals surface area contributed by atoms with Crippen LogP contribution in [-0.4, -0.2) is 28.6 Å². The monoisotopic (exact) mass is 444 g/mol. The van der Waals surface area contributed by atoms with Gasteiger partial charge in [-0.15, -0.1) is 34.0 Å². The van der Waals surface area contributed by atoms with Crippen LogP contribution < -0.4 is 17.2 Å². The predicted molar refractivity (Wildman–Crippen MR) is 96.7 cm³/mol. The second-order valence-electron chi connectivity index (χ2n) is 4.08. The van der Waals surface area contributed by atoms with Crippen molar-refractivity contribution < 1.29 is 14.8 Å². The molecule has 0 saturated heterocycles. The van der Waals surface area contributed by atoms with Gasteiger partial charge in [-0.3, -0.25) is 14.9 Å². The first kappa shape index (κ1) is 25.7. The van der Waals surface area contributed by atoms with Gasteiger partial charge in [0.2, 0.25) is 0 Å². The zero-order chi connectivity index (χ0) is 15.5. The van der Waals surface area contributed by atoms with Crippen LogP contribution in [0, 0.1) is 10.1 Å². The number of benzene rings is 1. The maximum atomic E-state index is 10.1. The van der Waals surface area contributed by atoms with Gasteiger partial charge >= 0.3 is 5.97 Å². The van der Waals surface area contributed by atoms with E-state index in [0.717, 1.165) is 12.8 Å². The van der Waals surface area contributed by atoms with Gasteiger partial charge in [-0.05, 0) is 31.5 Å². The van der Waals surface area contributed by atoms with E-state index >= 15 is 0 Å². The SMILES string of the molecule is Br.Br.NCCCC[C@H](N)C(=O)O.Nc1ccc([N+](=O)[O-])cc1. The lowest BCUT2D eigenvalue weighted by molar-refractivity contribution is -0.384. The first-order chi connectivity index (χ1) is 9.38. The van der Waals surface area contributed by atoms with Gasteiger partial charge in [-0.1, -0.05) is 6.42 Å². The van der Waals surface area contributed by atoms with Crippen LogP contribution in [0.4, 0.5) is 11.4 Å². The van der Waals surface area contributed by atoms with Crippen molar-refractivity contribution in [2.45, 2.75) is 25.3 Å². The van der Waals surface area contributed by atoms with E-state index in [0.29, 0.717) is 18.7 Å². The predicted octanol–water partition coefficient (Wildman–Crippen LogP) is 1.86. The zero-order valence-electron chi connectivity index (χ0n) is 11.9. The molecule has 1 rings (SSSR count). The second-order valence-corrected chi connectivity index (χ2v) is 4.08. The van der Waals surface area contributed by atoms with Crippen molar-refractivity contribution >= 4 is 51.3 Å². The topological polar surface area (TPSA) is 158 Å². The number of unbranched alkanes of at least 4 members (excludes halogenated alkanes) is 1. The first-order valence-corrected chi connectivity index (χ1v) is 6.07. The summed E-state index contributed by atoms with van der Waals surface area (Å²) in [4.78, 5) is 19.8. The van der Waals surface area contributed by atoms with E-state index in [9.17, 15) is 14.9 Å². The van der Waals surface area contributed by atoms with Gasteiger partial charge in [-0.25, -0.2) is 0 Å². The van der Waals surface area contributed by atoms with E-state index in [1.807, 2.05) is 0 Å². The Hall–Kier alpha value is -1.23. The molecule has 7 N–H and O–H groups in total. The number of nitrogens with zero attached hydrogens (tertiary/aromatic N) is 1. The normalized spacial score (nSPS) is 10.1. The van der Waals surface area contributed by atoms with Gasteiger partial charge in [-0.2, -0.15) is 0 Å². The minimum Gasteiger partial charge on any atom is -0.480 e. The third kappa shape index (κ3) is 12.5. The van der Waals surface area contributed by atoms with E-state index in [1.165, 1.54) is 24.3 Å². The summed E-state index contributed by atoms with van der Waals surface area (Å²) in [7, 11) is 0. The number of hydrogen-bond donors (Lipinski definition) is 4. The van der Waals surface area contributed by atoms with Crippen LogP contribution in [0.5, 0.6) is 0 Å². The maximum Gasteiger partial charge on any atom is 0.320 e. The van der Waals surface area contributed by atoms with Gasteiger partial charge < -0.3 is 22.3 Å². The molecule has 0 heterocycles. The number of aliphatic carboxylic acids is 1. The van der Waals surface area contributed by atoms with Crippen molar-refractivity contribution in [2.75, 3.05) is 12.3 Å². The third-order valence-corrected chi connectivity index (χ3v) is 2.39. The number of carboxylic acid groups (broad SMARTS) is 1. The van der Waals surface area contributed by atoms with E-state index in [4.69, 9.17) is 22.3 Å². The van der Waals surface area contributed by atoms with Gasteiger partial charge in [0.25, 0.3) is 5.69 Å². The van der Waals surface area contributed by atoms with Crippen molar-refractivity contribution in [3.8, 4) is 0 Å². The summed E-state index contributed by atoms with van der Waals surface area (Å²) in [5.41, 5.74) is 16.3. The summed E-state index contributed by atoms with van der Waals surface area (Å²) in [6.07, 6.45) is 2.16. The lowest BCUT2D eigenvalue weighted by atomic mass is 10.1. The number of carbonyl (C=O) groups is 1. The average molecular weight is 446 g/mol. The van der Waals surface area contributed by atoms with Gasteiger partial charge in [0.15, 0.2) is 0 Å². The Morgan fingerprint density at radius 2 is 1.73 bits per heavy atom. The number of halogens is 2. The molecular weight excluding hydrogens is 424 g/mol. The number of non-ortho nitro benzene ring substituents is 1. The van der Waals surface area contributed by atoms with Gasteiger partial charge in [0.05, 0.1) is 4.92 Å². The molecule has 0 bridgehead atoms. The van der Waals surface area contributed by atoms with Crippen LogP contribution in [0.25, 0.3) is 0 Å². The quantitative estimate of drug-likeness (QED) is 0.225. The lowest BCUT2D eigenvalue weighted by Gasteiger charge is -2.03. The van der Waals surface area contributed by atoms with E-state index in [2.05, 4.69) is 0 Å². The molecule has 0 amide bonds. The Morgan fingerprint density at radius 3 is 2.09 bits per heavy atom. The van der Waals surface area contributed by atoms with Crippen molar-refractivity contribution in [2.24, 2.45) is 11.5 Å². The van der Waals surface area contributed by atoms with Crippen molar-refractivity contribution in [1.29, 1.82) is 0 Å². The zero-order valence-corrected chi connectivity index (χ0v) is 15.3. The van der Waals surface area contributed by atoms with E-state index < -0.39 is 16.9 Å². The Morgan fingerprint density at radius 1 is 1.23 bits per heavy atom. The molecule has 0 unspecified atom stereocenters. The fraction of sp³-hybridized carbons (Fsp3) is 0.417. The molecule has 0 aromatic heterocycles. The average Bonchev–Trinajstić information content (AvgIpc) is 2.40. The molecule has 128 valence electrons. The summed E-state index contributed by atoms with van der Waals surface area (Å²) in [6, 6.07) is 5.02. The lowest BCUT2D eigenvalue weighted by Crippen LogP contribution is -2.29. The largest absolute Gasteiger partial charge is 0.480 e. The number of rotatable bonds is 6. The van der Waals surface area contributed by atoms with Crippen LogP contribution in [0.15, 0.2) is 24.3 Å². The fourth-order valence-electron chi connectivity index (χ4n) is 1.23. The molecular formula is C12H22Br2N4O4. The Labute approximate surface area is 149 Å². The molecule has 1 aromatic carbocycles. The summed E-state index contributed by atoms with van der Waals surface area (Å²) in [5, 5.41) is 18.4. The van der Waals surface area contributed by atoms with Crippen LogP contribution in [0.2, 0.25) is 0 Å². The molecule has 1 atom stereocenters. The molecule has 0 saturated carbocycles. The molecule has 0 fully saturated rings. The highest BCUT2D eigenvalue weighted by Crippen LogP contribution is 2.12. The minimum atomic E-state index is -0.933. The molecule has 22 heavy (non-hydrogen) atoms. The molecule has 0 aliphatic heterocycles. The molecule has 10 heteroatoms. The summed E-state index contributed by atoms with van der Waals surface area (Å²) < 4.78 is 0. The number of nitro groups is 1. The summed E-state index contributed by atoms with van der Waals surface area (Å²) in [5.74, 6) is -0.933. The van der Waals surface area contributed by atoms with E-state index in [-0.39, 0.29) is 39.7 Å². The highest BCUT2D eigenvalue weighted by atomic mass is 79.9. The summed E-state index contributed by atoms with van der Waals surface area (Å²) >= 11 is 0. The maximum absolute atomic E-state index is 10.1. The number of nitrogens with two attached hydrogens (primary N) is 3. The molecule has 0 aliphatic rings. The smallest absolute Gasteiger partial charge is 0.320 e.